The molecule has 1 atom stereocenters. The number of hydrogen-bond acceptors (Lipinski definition) is 0. The third-order valence-electron chi connectivity index (χ3n) is 3.69. The minimum absolute atomic E-state index is 0.119. The van der Waals surface area contributed by atoms with Gasteiger partial charge in [-0.05, 0) is 62.4 Å². The Balaban J connectivity index is 2.15. The van der Waals surface area contributed by atoms with E-state index < -0.39 is 0 Å². The molecule has 0 bridgehead atoms. The summed E-state index contributed by atoms with van der Waals surface area (Å²) in [5, 5.41) is 3.30. The molecule has 3 aromatic rings. The average molecular weight is 425 g/mol. The first-order valence-corrected chi connectivity index (χ1v) is 8.74. The molecule has 3 aromatic carbocycles. The van der Waals surface area contributed by atoms with Gasteiger partial charge in [0, 0.05) is 4.47 Å². The van der Waals surface area contributed by atoms with Crippen LogP contribution in [0.15, 0.2) is 59.1 Å². The van der Waals surface area contributed by atoms with Crippen LogP contribution in [0.25, 0.3) is 10.8 Å². The second kappa shape index (κ2) is 6.12. The minimum Gasteiger partial charge on any atom is -0.0831 e. The highest BCUT2D eigenvalue weighted by atomic mass is 79.9. The third-order valence-corrected chi connectivity index (χ3v) is 5.94. The normalized spacial score (nSPS) is 12.6. The fourth-order valence-electron chi connectivity index (χ4n) is 2.54. The molecule has 0 aliphatic carbocycles. The van der Waals surface area contributed by atoms with Crippen molar-refractivity contribution in [1.29, 1.82) is 0 Å². The van der Waals surface area contributed by atoms with Crippen molar-refractivity contribution in [2.75, 3.05) is 0 Å². The summed E-state index contributed by atoms with van der Waals surface area (Å²) >= 11 is 13.5. The standard InChI is InChI=1S/C18H13Br2Cl/c1-11-6-8-15(14-5-3-2-4-13(11)14)18(20)12-7-9-16(19)17(21)10-12/h2-10,18H,1H3. The molecule has 0 heterocycles. The van der Waals surface area contributed by atoms with E-state index in [-0.39, 0.29) is 4.83 Å². The maximum Gasteiger partial charge on any atom is 0.0651 e. The molecule has 21 heavy (non-hydrogen) atoms. The second-order valence-corrected chi connectivity index (χ2v) is 7.23. The lowest BCUT2D eigenvalue weighted by atomic mass is 9.96. The Morgan fingerprint density at radius 3 is 2.38 bits per heavy atom. The van der Waals surface area contributed by atoms with Crippen molar-refractivity contribution in [2.24, 2.45) is 0 Å². The predicted octanol–water partition coefficient (Wildman–Crippen LogP) is 7.05. The molecule has 0 fully saturated rings. The molecule has 106 valence electrons. The molecule has 0 nitrogen and oxygen atoms in total. The zero-order valence-corrected chi connectivity index (χ0v) is 15.3. The Hall–Kier alpha value is -0.830. The molecule has 0 saturated carbocycles. The zero-order valence-electron chi connectivity index (χ0n) is 11.4. The molecule has 0 aromatic heterocycles. The summed E-state index contributed by atoms with van der Waals surface area (Å²) in [4.78, 5) is 0.119. The largest absolute Gasteiger partial charge is 0.0831 e. The van der Waals surface area contributed by atoms with E-state index in [9.17, 15) is 0 Å². The van der Waals surface area contributed by atoms with E-state index in [2.05, 4.69) is 81.2 Å². The summed E-state index contributed by atoms with van der Waals surface area (Å²) in [7, 11) is 0. The Labute approximate surface area is 146 Å². The van der Waals surface area contributed by atoms with E-state index in [1.807, 2.05) is 12.1 Å². The summed E-state index contributed by atoms with van der Waals surface area (Å²) in [6.07, 6.45) is 0. The van der Waals surface area contributed by atoms with Crippen molar-refractivity contribution in [3.05, 3.63) is 80.8 Å². The van der Waals surface area contributed by atoms with Gasteiger partial charge in [0.2, 0.25) is 0 Å². The summed E-state index contributed by atoms with van der Waals surface area (Å²) < 4.78 is 0.918. The Kier molecular flexibility index (Phi) is 4.39. The summed E-state index contributed by atoms with van der Waals surface area (Å²) in [5.41, 5.74) is 3.70. The van der Waals surface area contributed by atoms with Crippen LogP contribution in [-0.4, -0.2) is 0 Å². The first-order chi connectivity index (χ1) is 10.1. The fraction of sp³-hybridized carbons (Fsp3) is 0.111. The van der Waals surface area contributed by atoms with Crippen molar-refractivity contribution in [3.8, 4) is 0 Å². The molecule has 0 radical (unpaired) electrons. The molecule has 3 heteroatoms. The van der Waals surface area contributed by atoms with Crippen LogP contribution in [0.1, 0.15) is 21.5 Å². The first kappa shape index (κ1) is 15.1. The SMILES string of the molecule is Cc1ccc(C(Br)c2ccc(Br)c(Cl)c2)c2ccccc12. The van der Waals surface area contributed by atoms with Gasteiger partial charge in [0.15, 0.2) is 0 Å². The number of alkyl halides is 1. The third kappa shape index (κ3) is 2.90. The van der Waals surface area contributed by atoms with E-state index in [0.717, 1.165) is 15.1 Å². The molecule has 1 unspecified atom stereocenters. The van der Waals surface area contributed by atoms with Crippen molar-refractivity contribution >= 4 is 54.2 Å². The van der Waals surface area contributed by atoms with Crippen LogP contribution < -0.4 is 0 Å². The van der Waals surface area contributed by atoms with Gasteiger partial charge in [0.1, 0.15) is 0 Å². The summed E-state index contributed by atoms with van der Waals surface area (Å²) in [6.45, 7) is 2.14. The van der Waals surface area contributed by atoms with E-state index in [1.54, 1.807) is 0 Å². The van der Waals surface area contributed by atoms with Crippen molar-refractivity contribution in [3.63, 3.8) is 0 Å². The number of fused-ring (bicyclic) bond motifs is 1. The van der Waals surface area contributed by atoms with Gasteiger partial charge in [-0.2, -0.15) is 0 Å². The lowest BCUT2D eigenvalue weighted by molar-refractivity contribution is 1.19. The average Bonchev–Trinajstić information content (AvgIpc) is 2.50. The molecule has 0 aliphatic rings. The lowest BCUT2D eigenvalue weighted by Gasteiger charge is -2.15. The van der Waals surface area contributed by atoms with Crippen molar-refractivity contribution in [1.82, 2.24) is 0 Å². The van der Waals surface area contributed by atoms with Gasteiger partial charge < -0.3 is 0 Å². The number of benzene rings is 3. The number of rotatable bonds is 2. The van der Waals surface area contributed by atoms with E-state index >= 15 is 0 Å². The van der Waals surface area contributed by atoms with Crippen molar-refractivity contribution < 1.29 is 0 Å². The van der Waals surface area contributed by atoms with Gasteiger partial charge in [0.05, 0.1) is 9.85 Å². The highest BCUT2D eigenvalue weighted by Gasteiger charge is 2.15. The smallest absolute Gasteiger partial charge is 0.0651 e. The van der Waals surface area contributed by atoms with E-state index in [1.165, 1.54) is 21.9 Å². The van der Waals surface area contributed by atoms with Crippen LogP contribution in [0.3, 0.4) is 0 Å². The van der Waals surface area contributed by atoms with Gasteiger partial charge in [-0.1, -0.05) is 70.0 Å². The van der Waals surface area contributed by atoms with Crippen molar-refractivity contribution in [2.45, 2.75) is 11.8 Å². The maximum absolute atomic E-state index is 6.22. The molecule has 0 aliphatic heterocycles. The molecular formula is C18H13Br2Cl. The fourth-order valence-corrected chi connectivity index (χ4v) is 3.66. The van der Waals surface area contributed by atoms with Crippen LogP contribution in [-0.2, 0) is 0 Å². The molecule has 0 amide bonds. The van der Waals surface area contributed by atoms with Crippen LogP contribution in [0.2, 0.25) is 5.02 Å². The minimum atomic E-state index is 0.119. The molecular weight excluding hydrogens is 411 g/mol. The van der Waals surface area contributed by atoms with Gasteiger partial charge >= 0.3 is 0 Å². The predicted molar refractivity (Wildman–Crippen MR) is 98.6 cm³/mol. The zero-order chi connectivity index (χ0) is 15.0. The second-order valence-electron chi connectivity index (χ2n) is 5.05. The van der Waals surface area contributed by atoms with Crippen LogP contribution in [0, 0.1) is 6.92 Å². The van der Waals surface area contributed by atoms with Gasteiger partial charge in [-0.15, -0.1) is 0 Å². The Bertz CT molecular complexity index is 811. The Morgan fingerprint density at radius 2 is 1.67 bits per heavy atom. The van der Waals surface area contributed by atoms with E-state index in [4.69, 9.17) is 11.6 Å². The molecule has 0 spiro atoms. The maximum atomic E-state index is 6.22. The number of halogens is 3. The van der Waals surface area contributed by atoms with Crippen LogP contribution in [0.5, 0.6) is 0 Å². The molecule has 0 N–H and O–H groups in total. The lowest BCUT2D eigenvalue weighted by Crippen LogP contribution is -1.95. The summed E-state index contributed by atoms with van der Waals surface area (Å²) in [6, 6.07) is 18.9. The first-order valence-electron chi connectivity index (χ1n) is 6.65. The number of hydrogen-bond donors (Lipinski definition) is 0. The highest BCUT2D eigenvalue weighted by molar-refractivity contribution is 9.10. The van der Waals surface area contributed by atoms with Gasteiger partial charge in [-0.25, -0.2) is 0 Å². The highest BCUT2D eigenvalue weighted by Crippen LogP contribution is 2.38. The quantitative estimate of drug-likeness (QED) is 0.387. The molecule has 3 rings (SSSR count). The number of aryl methyl sites for hydroxylation is 1. The topological polar surface area (TPSA) is 0 Å². The molecule has 0 saturated heterocycles. The monoisotopic (exact) mass is 422 g/mol. The van der Waals surface area contributed by atoms with Gasteiger partial charge in [-0.3, -0.25) is 0 Å². The van der Waals surface area contributed by atoms with Crippen LogP contribution >= 0.6 is 43.5 Å². The van der Waals surface area contributed by atoms with E-state index in [0.29, 0.717) is 0 Å². The summed E-state index contributed by atoms with van der Waals surface area (Å²) in [5.74, 6) is 0. The van der Waals surface area contributed by atoms with Gasteiger partial charge in [0.25, 0.3) is 0 Å². The van der Waals surface area contributed by atoms with Crippen LogP contribution in [0.4, 0.5) is 0 Å². The Morgan fingerprint density at radius 1 is 0.952 bits per heavy atom.